The molecule has 1 unspecified atom stereocenters. The van der Waals surface area contributed by atoms with Gasteiger partial charge in [-0.05, 0) is 31.9 Å². The van der Waals surface area contributed by atoms with E-state index in [0.717, 1.165) is 17.0 Å². The number of halogens is 1. The van der Waals surface area contributed by atoms with E-state index in [-0.39, 0.29) is 11.9 Å². The number of hydrogen-bond acceptors (Lipinski definition) is 3. The first kappa shape index (κ1) is 13.6. The average molecular weight is 259 g/mol. The van der Waals surface area contributed by atoms with Gasteiger partial charge in [0, 0.05) is 25.0 Å². The summed E-state index contributed by atoms with van der Waals surface area (Å²) in [6.07, 6.45) is 4.17. The van der Waals surface area contributed by atoms with Crippen LogP contribution in [0.1, 0.15) is 23.9 Å². The molecule has 4 heteroatoms. The highest BCUT2D eigenvalue weighted by Crippen LogP contribution is 2.09. The summed E-state index contributed by atoms with van der Waals surface area (Å²) in [7, 11) is 0. The molecule has 2 aromatic rings. The number of rotatable bonds is 5. The van der Waals surface area contributed by atoms with Crippen molar-refractivity contribution in [3.05, 3.63) is 59.4 Å². The smallest absolute Gasteiger partial charge is 0.126 e. The summed E-state index contributed by atoms with van der Waals surface area (Å²) in [5, 5.41) is 3.32. The Morgan fingerprint density at radius 3 is 2.68 bits per heavy atom. The van der Waals surface area contributed by atoms with Crippen LogP contribution in [-0.4, -0.2) is 16.0 Å². The van der Waals surface area contributed by atoms with Crippen molar-refractivity contribution in [2.75, 3.05) is 0 Å². The Kier molecular flexibility index (Phi) is 4.58. The zero-order valence-electron chi connectivity index (χ0n) is 11.2. The summed E-state index contributed by atoms with van der Waals surface area (Å²) in [6.45, 7) is 4.59. The van der Waals surface area contributed by atoms with Crippen molar-refractivity contribution < 1.29 is 4.39 Å². The van der Waals surface area contributed by atoms with E-state index in [9.17, 15) is 4.39 Å². The van der Waals surface area contributed by atoms with Crippen molar-refractivity contribution in [2.24, 2.45) is 0 Å². The molecule has 0 fully saturated rings. The fraction of sp³-hybridized carbons (Fsp3) is 0.333. The lowest BCUT2D eigenvalue weighted by Gasteiger charge is -2.14. The summed E-state index contributed by atoms with van der Waals surface area (Å²) >= 11 is 0. The minimum atomic E-state index is -0.147. The zero-order valence-corrected chi connectivity index (χ0v) is 11.2. The number of aryl methyl sites for hydroxylation is 1. The number of aromatic nitrogens is 2. The molecule has 0 saturated heterocycles. The minimum Gasteiger partial charge on any atom is -0.308 e. The molecule has 1 atom stereocenters. The van der Waals surface area contributed by atoms with E-state index in [1.54, 1.807) is 18.5 Å². The van der Waals surface area contributed by atoms with E-state index >= 15 is 0 Å². The van der Waals surface area contributed by atoms with Crippen LogP contribution in [0, 0.1) is 12.7 Å². The van der Waals surface area contributed by atoms with Gasteiger partial charge < -0.3 is 5.32 Å². The predicted octanol–water partition coefficient (Wildman–Crippen LogP) is 2.64. The Hall–Kier alpha value is -1.81. The van der Waals surface area contributed by atoms with Crippen molar-refractivity contribution in [1.29, 1.82) is 0 Å². The fourth-order valence-electron chi connectivity index (χ4n) is 1.86. The second-order valence-corrected chi connectivity index (χ2v) is 4.73. The molecule has 1 N–H and O–H groups in total. The second-order valence-electron chi connectivity index (χ2n) is 4.73. The molecule has 2 rings (SSSR count). The molecule has 0 spiro atoms. The molecule has 100 valence electrons. The number of benzene rings is 1. The first-order valence-corrected chi connectivity index (χ1v) is 6.39. The van der Waals surface area contributed by atoms with Crippen LogP contribution in [0.5, 0.6) is 0 Å². The van der Waals surface area contributed by atoms with Gasteiger partial charge in [-0.3, -0.25) is 9.97 Å². The van der Waals surface area contributed by atoms with E-state index in [0.29, 0.717) is 13.0 Å². The topological polar surface area (TPSA) is 37.8 Å². The molecule has 0 bridgehead atoms. The number of nitrogens with zero attached hydrogens (tertiary/aromatic N) is 2. The van der Waals surface area contributed by atoms with Crippen LogP contribution in [0.25, 0.3) is 0 Å². The Labute approximate surface area is 112 Å². The first-order chi connectivity index (χ1) is 9.15. The normalized spacial score (nSPS) is 12.4. The van der Waals surface area contributed by atoms with Crippen molar-refractivity contribution in [2.45, 2.75) is 32.9 Å². The van der Waals surface area contributed by atoms with E-state index in [1.165, 1.54) is 6.07 Å². The molecule has 0 aliphatic heterocycles. The highest BCUT2D eigenvalue weighted by Gasteiger charge is 2.07. The monoisotopic (exact) mass is 259 g/mol. The minimum absolute atomic E-state index is 0.147. The molecule has 19 heavy (non-hydrogen) atoms. The molecule has 0 amide bonds. The summed E-state index contributed by atoms with van der Waals surface area (Å²) in [4.78, 5) is 8.47. The third-order valence-corrected chi connectivity index (χ3v) is 2.95. The second kappa shape index (κ2) is 6.38. The highest BCUT2D eigenvalue weighted by atomic mass is 19.1. The zero-order chi connectivity index (χ0) is 13.7. The first-order valence-electron chi connectivity index (χ1n) is 6.39. The van der Waals surface area contributed by atoms with E-state index in [4.69, 9.17) is 0 Å². The van der Waals surface area contributed by atoms with Gasteiger partial charge >= 0.3 is 0 Å². The van der Waals surface area contributed by atoms with E-state index in [2.05, 4.69) is 15.3 Å². The molecular weight excluding hydrogens is 241 g/mol. The van der Waals surface area contributed by atoms with Crippen molar-refractivity contribution in [1.82, 2.24) is 15.3 Å². The van der Waals surface area contributed by atoms with Gasteiger partial charge in [0.25, 0.3) is 0 Å². The molecular formula is C15H18FN3. The van der Waals surface area contributed by atoms with Crippen LogP contribution in [0.3, 0.4) is 0 Å². The van der Waals surface area contributed by atoms with Gasteiger partial charge in [0.1, 0.15) is 5.82 Å². The van der Waals surface area contributed by atoms with E-state index in [1.807, 2.05) is 26.0 Å². The molecule has 3 nitrogen and oxygen atoms in total. The van der Waals surface area contributed by atoms with Crippen LogP contribution < -0.4 is 5.32 Å². The van der Waals surface area contributed by atoms with E-state index < -0.39 is 0 Å². The van der Waals surface area contributed by atoms with Crippen LogP contribution in [0.2, 0.25) is 0 Å². The Morgan fingerprint density at radius 2 is 2.00 bits per heavy atom. The standard InChI is InChI=1S/C15H18FN3/c1-11(7-13-5-3-4-6-15(13)16)17-9-14-10-18-12(2)8-19-14/h3-6,8,10-11,17H,7,9H2,1-2H3. The summed E-state index contributed by atoms with van der Waals surface area (Å²) in [5.74, 6) is -0.147. The van der Waals surface area contributed by atoms with Gasteiger partial charge in [-0.25, -0.2) is 4.39 Å². The molecule has 1 heterocycles. The maximum Gasteiger partial charge on any atom is 0.126 e. The summed E-state index contributed by atoms with van der Waals surface area (Å²) < 4.78 is 13.5. The number of hydrogen-bond donors (Lipinski definition) is 1. The van der Waals surface area contributed by atoms with Crippen molar-refractivity contribution >= 4 is 0 Å². The van der Waals surface area contributed by atoms with Gasteiger partial charge in [-0.1, -0.05) is 18.2 Å². The quantitative estimate of drug-likeness (QED) is 0.897. The van der Waals surface area contributed by atoms with Gasteiger partial charge in [0.2, 0.25) is 0 Å². The van der Waals surface area contributed by atoms with Gasteiger partial charge in [-0.15, -0.1) is 0 Å². The van der Waals surface area contributed by atoms with Gasteiger partial charge in [0.05, 0.1) is 11.4 Å². The lowest BCUT2D eigenvalue weighted by Crippen LogP contribution is -2.28. The predicted molar refractivity (Wildman–Crippen MR) is 73.2 cm³/mol. The lowest BCUT2D eigenvalue weighted by atomic mass is 10.1. The molecule has 0 aliphatic carbocycles. The summed E-state index contributed by atoms with van der Waals surface area (Å²) in [6, 6.07) is 7.06. The number of nitrogens with one attached hydrogen (secondary N) is 1. The molecule has 0 radical (unpaired) electrons. The van der Waals surface area contributed by atoms with Crippen molar-refractivity contribution in [3.8, 4) is 0 Å². The van der Waals surface area contributed by atoms with Gasteiger partial charge in [0.15, 0.2) is 0 Å². The SMILES string of the molecule is Cc1cnc(CNC(C)Cc2ccccc2F)cn1. The maximum absolute atomic E-state index is 13.5. The molecule has 0 aliphatic rings. The van der Waals surface area contributed by atoms with Crippen LogP contribution in [-0.2, 0) is 13.0 Å². The summed E-state index contributed by atoms with van der Waals surface area (Å²) in [5.41, 5.74) is 2.53. The third-order valence-electron chi connectivity index (χ3n) is 2.95. The van der Waals surface area contributed by atoms with Crippen LogP contribution in [0.15, 0.2) is 36.7 Å². The Morgan fingerprint density at radius 1 is 1.21 bits per heavy atom. The molecule has 0 saturated carbocycles. The molecule has 1 aromatic heterocycles. The third kappa shape index (κ3) is 4.10. The Balaban J connectivity index is 1.86. The van der Waals surface area contributed by atoms with Crippen LogP contribution >= 0.6 is 0 Å². The highest BCUT2D eigenvalue weighted by molar-refractivity contribution is 5.18. The average Bonchev–Trinajstić information content (AvgIpc) is 2.41. The molecule has 1 aromatic carbocycles. The maximum atomic E-state index is 13.5. The largest absolute Gasteiger partial charge is 0.308 e. The Bertz CT molecular complexity index is 525. The van der Waals surface area contributed by atoms with Crippen molar-refractivity contribution in [3.63, 3.8) is 0 Å². The fourth-order valence-corrected chi connectivity index (χ4v) is 1.86. The lowest BCUT2D eigenvalue weighted by molar-refractivity contribution is 0.521. The van der Waals surface area contributed by atoms with Crippen LogP contribution in [0.4, 0.5) is 4.39 Å². The van der Waals surface area contributed by atoms with Gasteiger partial charge in [-0.2, -0.15) is 0 Å².